The van der Waals surface area contributed by atoms with Crippen molar-refractivity contribution in [3.8, 4) is 0 Å². The second-order valence-electron chi connectivity index (χ2n) is 0.516. The highest BCUT2D eigenvalue weighted by Gasteiger charge is 1.33. The highest BCUT2D eigenvalue weighted by atomic mass is 28.2. The Balaban J connectivity index is 2.55. The first-order valence-corrected chi connectivity index (χ1v) is 2.18. The van der Waals surface area contributed by atoms with Gasteiger partial charge in [0, 0.05) is 0 Å². The monoisotopic (exact) mass is 73.0 g/mol. The van der Waals surface area contributed by atoms with Gasteiger partial charge in [-0.05, 0) is 13.1 Å². The van der Waals surface area contributed by atoms with Gasteiger partial charge in [0.25, 0.3) is 0 Å². The van der Waals surface area contributed by atoms with Crippen LogP contribution in [-0.2, 0) is 0 Å². The molecule has 24 valence electrons. The average Bonchev–Trinajstić information content (AvgIpc) is 1.37. The van der Waals surface area contributed by atoms with Crippen LogP contribution in [0.25, 0.3) is 0 Å². The molecule has 0 aliphatic heterocycles. The molecule has 0 rings (SSSR count). The summed E-state index contributed by atoms with van der Waals surface area (Å²) in [4.78, 5) is 0. The summed E-state index contributed by atoms with van der Waals surface area (Å²) in [5.41, 5.74) is 0. The summed E-state index contributed by atoms with van der Waals surface area (Å²) in [5, 5.41) is 0. The van der Waals surface area contributed by atoms with Crippen molar-refractivity contribution in [1.82, 2.24) is 0 Å². The van der Waals surface area contributed by atoms with Crippen LogP contribution in [0.15, 0.2) is 4.66 Å². The van der Waals surface area contributed by atoms with Crippen LogP contribution in [0.3, 0.4) is 0 Å². The molecule has 2 heteroatoms. The van der Waals surface area contributed by atoms with Gasteiger partial charge < -0.3 is 4.66 Å². The minimum absolute atomic E-state index is 0.959. The van der Waals surface area contributed by atoms with Crippen molar-refractivity contribution in [2.75, 3.05) is 0 Å². The van der Waals surface area contributed by atoms with Crippen molar-refractivity contribution in [3.05, 3.63) is 0 Å². The van der Waals surface area contributed by atoms with E-state index in [-0.39, 0.29) is 0 Å². The standard InChI is InChI=1S/C2H7NSi/c1-2-3-4/h2H,1,4H3. The molecule has 0 unspecified atom stereocenters. The van der Waals surface area contributed by atoms with Crippen LogP contribution in [0.5, 0.6) is 0 Å². The lowest BCUT2D eigenvalue weighted by Gasteiger charge is -1.53. The predicted molar refractivity (Wildman–Crippen MR) is 24.1 cm³/mol. The molecule has 0 N–H and O–H groups in total. The predicted octanol–water partition coefficient (Wildman–Crippen LogP) is -0.643. The first-order valence-electron chi connectivity index (χ1n) is 1.28. The van der Waals surface area contributed by atoms with E-state index in [9.17, 15) is 0 Å². The lowest BCUT2D eigenvalue weighted by Crippen LogP contribution is -1.51. The molecular formula is C2H7NSi. The first kappa shape index (κ1) is 3.89. The zero-order valence-electron chi connectivity index (χ0n) is 3.02. The highest BCUT2D eigenvalue weighted by molar-refractivity contribution is 6.08. The van der Waals surface area contributed by atoms with E-state index in [1.54, 1.807) is 0 Å². The summed E-state index contributed by atoms with van der Waals surface area (Å²) in [6.07, 6.45) is 1.81. The lowest BCUT2D eigenvalue weighted by atomic mass is 10.9. The molecule has 0 aliphatic rings. The van der Waals surface area contributed by atoms with Crippen LogP contribution in [-0.4, -0.2) is 16.6 Å². The maximum atomic E-state index is 3.75. The molecule has 0 saturated carbocycles. The third-order valence-electron chi connectivity index (χ3n) is 0.258. The normalized spacial score (nSPS) is 10.2. The molecule has 0 aliphatic carbocycles. The van der Waals surface area contributed by atoms with Crippen molar-refractivity contribution in [2.24, 2.45) is 4.66 Å². The Kier molecular flexibility index (Phi) is 2.81. The van der Waals surface area contributed by atoms with E-state index in [4.69, 9.17) is 0 Å². The van der Waals surface area contributed by atoms with Crippen LogP contribution in [0, 0.1) is 0 Å². The second-order valence-corrected chi connectivity index (χ2v) is 1.03. The fourth-order valence-electron chi connectivity index (χ4n) is 0. The molecule has 0 aromatic carbocycles. The topological polar surface area (TPSA) is 12.4 Å². The fraction of sp³-hybridized carbons (Fsp3) is 0.500. The lowest BCUT2D eigenvalue weighted by molar-refractivity contribution is 1.86. The van der Waals surface area contributed by atoms with Gasteiger partial charge >= 0.3 is 0 Å². The van der Waals surface area contributed by atoms with Crippen LogP contribution in [0.1, 0.15) is 6.92 Å². The van der Waals surface area contributed by atoms with Crippen LogP contribution >= 0.6 is 0 Å². The molecule has 0 amide bonds. The van der Waals surface area contributed by atoms with Crippen molar-refractivity contribution in [3.63, 3.8) is 0 Å². The van der Waals surface area contributed by atoms with E-state index < -0.39 is 0 Å². The Morgan fingerprint density at radius 1 is 2.00 bits per heavy atom. The molecule has 0 aromatic rings. The Morgan fingerprint density at radius 2 is 2.25 bits per heavy atom. The average molecular weight is 73.2 g/mol. The second kappa shape index (κ2) is 2.89. The first-order chi connectivity index (χ1) is 1.91. The quantitative estimate of drug-likeness (QED) is 0.267. The van der Waals surface area contributed by atoms with Gasteiger partial charge in [-0.2, -0.15) is 0 Å². The molecule has 0 radical (unpaired) electrons. The molecule has 0 aromatic heterocycles. The summed E-state index contributed by atoms with van der Waals surface area (Å²) in [5.74, 6) is 0. The molecule has 0 bridgehead atoms. The Hall–Kier alpha value is -0.113. The van der Waals surface area contributed by atoms with E-state index in [2.05, 4.69) is 4.66 Å². The number of hydrogen-bond donors (Lipinski definition) is 0. The van der Waals surface area contributed by atoms with Gasteiger partial charge in [0.05, 0.1) is 0 Å². The van der Waals surface area contributed by atoms with Crippen molar-refractivity contribution >= 4 is 16.6 Å². The van der Waals surface area contributed by atoms with E-state index in [0.717, 1.165) is 10.4 Å². The van der Waals surface area contributed by atoms with Crippen molar-refractivity contribution < 1.29 is 0 Å². The maximum Gasteiger partial charge on any atom is 0.134 e. The fourth-order valence-corrected chi connectivity index (χ4v) is 0. The molecule has 1 nitrogen and oxygen atoms in total. The third kappa shape index (κ3) is 1.89. The van der Waals surface area contributed by atoms with Gasteiger partial charge in [-0.15, -0.1) is 0 Å². The highest BCUT2D eigenvalue weighted by Crippen LogP contribution is 1.37. The van der Waals surface area contributed by atoms with Crippen LogP contribution in [0.2, 0.25) is 0 Å². The van der Waals surface area contributed by atoms with Gasteiger partial charge in [-0.1, -0.05) is 0 Å². The van der Waals surface area contributed by atoms with Gasteiger partial charge in [-0.3, -0.25) is 0 Å². The molecule has 0 heterocycles. The maximum absolute atomic E-state index is 3.75. The largest absolute Gasteiger partial charge is 0.345 e. The minimum atomic E-state index is 0.959. The third-order valence-corrected chi connectivity index (χ3v) is 0.775. The Labute approximate surface area is 29.3 Å². The van der Waals surface area contributed by atoms with E-state index in [0.29, 0.717) is 0 Å². The van der Waals surface area contributed by atoms with Gasteiger partial charge in [-0.25, -0.2) is 0 Å². The molecule has 0 fully saturated rings. The number of rotatable bonds is 0. The van der Waals surface area contributed by atoms with Crippen LogP contribution < -0.4 is 0 Å². The van der Waals surface area contributed by atoms with Crippen molar-refractivity contribution in [1.29, 1.82) is 0 Å². The summed E-state index contributed by atoms with van der Waals surface area (Å²) >= 11 is 0. The van der Waals surface area contributed by atoms with Gasteiger partial charge in [0.2, 0.25) is 0 Å². The summed E-state index contributed by atoms with van der Waals surface area (Å²) in [6.45, 7) is 1.92. The number of hydrogen-bond acceptors (Lipinski definition) is 1. The zero-order chi connectivity index (χ0) is 3.41. The van der Waals surface area contributed by atoms with E-state index in [1.807, 2.05) is 13.1 Å². The summed E-state index contributed by atoms with van der Waals surface area (Å²) in [7, 11) is 0.959. The summed E-state index contributed by atoms with van der Waals surface area (Å²) in [6, 6.07) is 0. The SMILES string of the molecule is CC=N[SiH3]. The molecule has 0 atom stereocenters. The molecule has 4 heavy (non-hydrogen) atoms. The molecule has 0 saturated heterocycles. The Morgan fingerprint density at radius 3 is 2.25 bits per heavy atom. The zero-order valence-corrected chi connectivity index (χ0v) is 5.02. The van der Waals surface area contributed by atoms with Gasteiger partial charge in [0.15, 0.2) is 0 Å². The summed E-state index contributed by atoms with van der Waals surface area (Å²) < 4.78 is 3.75. The molecule has 0 spiro atoms. The van der Waals surface area contributed by atoms with E-state index in [1.165, 1.54) is 0 Å². The molecular weight excluding hydrogens is 66.1 g/mol. The minimum Gasteiger partial charge on any atom is -0.345 e. The Bertz CT molecular complexity index is 21.2. The van der Waals surface area contributed by atoms with Gasteiger partial charge in [0.1, 0.15) is 10.4 Å². The number of nitrogens with zero attached hydrogens (tertiary/aromatic N) is 1. The van der Waals surface area contributed by atoms with Crippen molar-refractivity contribution in [2.45, 2.75) is 6.92 Å². The van der Waals surface area contributed by atoms with Crippen LogP contribution in [0.4, 0.5) is 0 Å². The van der Waals surface area contributed by atoms with E-state index >= 15 is 0 Å². The smallest absolute Gasteiger partial charge is 0.134 e.